The molecule has 194 valence electrons. The number of aliphatic hydroxyl groups excluding tert-OH is 1. The van der Waals surface area contributed by atoms with Gasteiger partial charge in [-0.1, -0.05) is 36.8 Å². The molecule has 1 atom stereocenters. The van der Waals surface area contributed by atoms with Crippen LogP contribution < -0.4 is 14.4 Å². The summed E-state index contributed by atoms with van der Waals surface area (Å²) in [4.78, 5) is 37.0. The van der Waals surface area contributed by atoms with Crippen LogP contribution in [0.1, 0.15) is 43.9 Å². The summed E-state index contributed by atoms with van der Waals surface area (Å²) >= 11 is 1.29. The maximum absolute atomic E-state index is 13.5. The highest BCUT2D eigenvalue weighted by Gasteiger charge is 2.48. The van der Waals surface area contributed by atoms with E-state index in [2.05, 4.69) is 16.9 Å². The number of hydrogen-bond donors (Lipinski definition) is 1. The molecular weight excluding hydrogens is 502 g/mol. The molecule has 9 heteroatoms. The average Bonchev–Trinajstić information content (AvgIpc) is 3.47. The van der Waals surface area contributed by atoms with E-state index in [9.17, 15) is 14.7 Å². The summed E-state index contributed by atoms with van der Waals surface area (Å²) in [6, 6.07) is 15.1. The van der Waals surface area contributed by atoms with Crippen molar-refractivity contribution >= 4 is 44.1 Å². The first-order valence-electron chi connectivity index (χ1n) is 12.5. The van der Waals surface area contributed by atoms with Crippen molar-refractivity contribution < 1.29 is 24.2 Å². The van der Waals surface area contributed by atoms with Crippen molar-refractivity contribution in [2.24, 2.45) is 0 Å². The largest absolute Gasteiger partial charge is 0.507 e. The van der Waals surface area contributed by atoms with Gasteiger partial charge >= 0.3 is 5.91 Å². The number of ether oxygens (including phenoxy) is 2. The molecule has 1 N–H and O–H groups in total. The smallest absolute Gasteiger partial charge is 0.301 e. The molecule has 1 saturated heterocycles. The second-order valence-corrected chi connectivity index (χ2v) is 9.75. The number of amides is 1. The molecule has 0 aliphatic carbocycles. The van der Waals surface area contributed by atoms with E-state index in [0.717, 1.165) is 17.5 Å². The Bertz CT molecular complexity index is 1520. The summed E-state index contributed by atoms with van der Waals surface area (Å²) in [5.74, 6) is -0.488. The number of aromatic nitrogens is 2. The molecular formula is C29H27N3O5S. The number of ketones is 1. The van der Waals surface area contributed by atoms with Crippen LogP contribution >= 0.6 is 11.3 Å². The minimum Gasteiger partial charge on any atom is -0.507 e. The van der Waals surface area contributed by atoms with Gasteiger partial charge in [-0.2, -0.15) is 0 Å². The zero-order valence-corrected chi connectivity index (χ0v) is 21.9. The van der Waals surface area contributed by atoms with Crippen molar-refractivity contribution in [3.05, 3.63) is 83.7 Å². The molecule has 1 aliphatic rings. The van der Waals surface area contributed by atoms with Crippen molar-refractivity contribution in [1.82, 2.24) is 9.97 Å². The molecule has 0 spiro atoms. The lowest BCUT2D eigenvalue weighted by atomic mass is 9.95. The SMILES string of the molecule is CCCCOc1cccc(C2C(=C(O)c3ccncc3)C(=O)C(=O)N2c2nc3ccc(OCC)cc3s2)c1. The van der Waals surface area contributed by atoms with Crippen molar-refractivity contribution in [2.75, 3.05) is 18.1 Å². The molecule has 38 heavy (non-hydrogen) atoms. The van der Waals surface area contributed by atoms with Gasteiger partial charge in [0.05, 0.1) is 35.0 Å². The third kappa shape index (κ3) is 4.84. The average molecular weight is 530 g/mol. The molecule has 2 aromatic carbocycles. The quantitative estimate of drug-likeness (QED) is 0.125. The van der Waals surface area contributed by atoms with E-state index in [1.165, 1.54) is 28.6 Å². The van der Waals surface area contributed by atoms with Crippen LogP contribution in [0.15, 0.2) is 72.6 Å². The summed E-state index contributed by atoms with van der Waals surface area (Å²) in [7, 11) is 0. The van der Waals surface area contributed by atoms with Gasteiger partial charge in [-0.3, -0.25) is 19.5 Å². The lowest BCUT2D eigenvalue weighted by Gasteiger charge is -2.23. The number of carbonyl (C=O) groups excluding carboxylic acids is 2. The van der Waals surface area contributed by atoms with Gasteiger partial charge in [0.1, 0.15) is 17.3 Å². The Morgan fingerprint density at radius 3 is 2.58 bits per heavy atom. The van der Waals surface area contributed by atoms with E-state index in [4.69, 9.17) is 9.47 Å². The number of hydrogen-bond acceptors (Lipinski definition) is 8. The van der Waals surface area contributed by atoms with Crippen LogP contribution in [0.3, 0.4) is 0 Å². The van der Waals surface area contributed by atoms with Gasteiger partial charge in [0.2, 0.25) is 0 Å². The maximum Gasteiger partial charge on any atom is 0.301 e. The van der Waals surface area contributed by atoms with Gasteiger partial charge in [0.25, 0.3) is 5.78 Å². The zero-order valence-electron chi connectivity index (χ0n) is 21.1. The summed E-state index contributed by atoms with van der Waals surface area (Å²) in [6.45, 7) is 5.07. The minimum absolute atomic E-state index is 0.0128. The number of thiazole rings is 1. The number of rotatable bonds is 9. The molecule has 0 bridgehead atoms. The number of Topliss-reactive ketones (excluding diaryl/α,β-unsaturated/α-hetero) is 1. The van der Waals surface area contributed by atoms with E-state index in [1.54, 1.807) is 18.2 Å². The number of carbonyl (C=O) groups is 2. The van der Waals surface area contributed by atoms with E-state index >= 15 is 0 Å². The molecule has 1 unspecified atom stereocenters. The lowest BCUT2D eigenvalue weighted by molar-refractivity contribution is -0.132. The topological polar surface area (TPSA) is 102 Å². The van der Waals surface area contributed by atoms with Crippen LogP contribution in [0.2, 0.25) is 0 Å². The van der Waals surface area contributed by atoms with Crippen molar-refractivity contribution in [3.63, 3.8) is 0 Å². The van der Waals surface area contributed by atoms with Gasteiger partial charge in [0.15, 0.2) is 5.13 Å². The third-order valence-electron chi connectivity index (χ3n) is 6.20. The van der Waals surface area contributed by atoms with Crippen molar-refractivity contribution in [1.29, 1.82) is 0 Å². The first-order valence-corrected chi connectivity index (χ1v) is 13.3. The maximum atomic E-state index is 13.5. The first kappa shape index (κ1) is 25.4. The fourth-order valence-corrected chi connectivity index (χ4v) is 5.39. The zero-order chi connectivity index (χ0) is 26.6. The molecule has 8 nitrogen and oxygen atoms in total. The molecule has 0 radical (unpaired) electrons. The molecule has 1 fully saturated rings. The van der Waals surface area contributed by atoms with Crippen LogP contribution in [0.25, 0.3) is 16.0 Å². The number of anilines is 1. The second-order valence-electron chi connectivity index (χ2n) is 8.74. The number of pyridine rings is 1. The Hall–Kier alpha value is -4.24. The van der Waals surface area contributed by atoms with Crippen LogP contribution in [0.4, 0.5) is 5.13 Å². The van der Waals surface area contributed by atoms with Gasteiger partial charge in [-0.15, -0.1) is 0 Å². The van der Waals surface area contributed by atoms with Gasteiger partial charge < -0.3 is 14.6 Å². The molecule has 3 heterocycles. The monoisotopic (exact) mass is 529 g/mol. The third-order valence-corrected chi connectivity index (χ3v) is 7.22. The Labute approximate surface area is 224 Å². The van der Waals surface area contributed by atoms with Crippen LogP contribution in [-0.4, -0.2) is 40.0 Å². The van der Waals surface area contributed by atoms with E-state index < -0.39 is 17.7 Å². The summed E-state index contributed by atoms with van der Waals surface area (Å²) in [5.41, 5.74) is 1.69. The minimum atomic E-state index is -0.898. The molecule has 4 aromatic rings. The lowest BCUT2D eigenvalue weighted by Crippen LogP contribution is -2.29. The number of aliphatic hydroxyl groups is 1. The van der Waals surface area contributed by atoms with E-state index in [-0.39, 0.29) is 11.3 Å². The molecule has 2 aromatic heterocycles. The Balaban J connectivity index is 1.65. The van der Waals surface area contributed by atoms with E-state index in [0.29, 0.717) is 46.5 Å². The Kier molecular flexibility index (Phi) is 7.37. The van der Waals surface area contributed by atoms with Crippen molar-refractivity contribution in [2.45, 2.75) is 32.7 Å². The highest BCUT2D eigenvalue weighted by Crippen LogP contribution is 2.45. The second kappa shape index (κ2) is 11.0. The van der Waals surface area contributed by atoms with E-state index in [1.807, 2.05) is 43.3 Å². The molecule has 0 saturated carbocycles. The molecule has 5 rings (SSSR count). The number of nitrogens with zero attached hydrogens (tertiary/aromatic N) is 3. The van der Waals surface area contributed by atoms with Gasteiger partial charge in [0, 0.05) is 18.0 Å². The van der Waals surface area contributed by atoms with Crippen LogP contribution in [-0.2, 0) is 9.59 Å². The Morgan fingerprint density at radius 2 is 1.82 bits per heavy atom. The summed E-state index contributed by atoms with van der Waals surface area (Å²) < 4.78 is 12.3. The Morgan fingerprint density at radius 1 is 1.03 bits per heavy atom. The first-order chi connectivity index (χ1) is 18.5. The summed E-state index contributed by atoms with van der Waals surface area (Å²) in [5, 5.41) is 11.6. The standard InChI is InChI=1S/C29H27N3O5S/c1-3-5-15-37-20-8-6-7-19(16-20)25-24(26(33)18-11-13-30-14-12-18)27(34)28(35)32(25)29-31-22-10-9-21(36-4-2)17-23(22)38-29/h6-14,16-17,25,33H,3-5,15H2,1-2H3. The highest BCUT2D eigenvalue weighted by atomic mass is 32.1. The van der Waals surface area contributed by atoms with Crippen molar-refractivity contribution in [3.8, 4) is 11.5 Å². The van der Waals surface area contributed by atoms with Gasteiger partial charge in [-0.25, -0.2) is 4.98 Å². The molecule has 1 amide bonds. The normalized spacial score (nSPS) is 16.8. The van der Waals surface area contributed by atoms with Gasteiger partial charge in [-0.05, 0) is 61.4 Å². The van der Waals surface area contributed by atoms with Crippen LogP contribution in [0.5, 0.6) is 11.5 Å². The number of benzene rings is 2. The number of unbranched alkanes of at least 4 members (excludes halogenated alkanes) is 1. The fraction of sp³-hybridized carbons (Fsp3) is 0.241. The predicted octanol–water partition coefficient (Wildman–Crippen LogP) is 5.90. The molecule has 1 aliphatic heterocycles. The highest BCUT2D eigenvalue weighted by molar-refractivity contribution is 7.22. The number of fused-ring (bicyclic) bond motifs is 1. The van der Waals surface area contributed by atoms with Crippen LogP contribution in [0, 0.1) is 0 Å². The predicted molar refractivity (Wildman–Crippen MR) is 147 cm³/mol. The fourth-order valence-electron chi connectivity index (χ4n) is 4.37. The summed E-state index contributed by atoms with van der Waals surface area (Å²) in [6.07, 6.45) is 4.94.